The molecule has 0 nitrogen and oxygen atoms in total. The summed E-state index contributed by atoms with van der Waals surface area (Å²) in [6.45, 7) is 2.17. The third-order valence-electron chi connectivity index (χ3n) is 3.19. The number of benzene rings is 2. The molecule has 2 unspecified atom stereocenters. The summed E-state index contributed by atoms with van der Waals surface area (Å²) in [5.74, 6) is 0.177. The highest BCUT2D eigenvalue weighted by Crippen LogP contribution is 2.34. The second-order valence-electron chi connectivity index (χ2n) is 4.71. The fourth-order valence-electron chi connectivity index (χ4n) is 2.12. The molecule has 100 valence electrons. The molecule has 0 saturated heterocycles. The molecular weight excluding hydrogens is 371 g/mol. The Morgan fingerprint density at radius 2 is 1.74 bits per heavy atom. The second kappa shape index (κ2) is 6.67. The van der Waals surface area contributed by atoms with Crippen LogP contribution < -0.4 is 0 Å². The monoisotopic (exact) mass is 384 g/mol. The Labute approximate surface area is 130 Å². The zero-order valence-electron chi connectivity index (χ0n) is 10.6. The summed E-state index contributed by atoms with van der Waals surface area (Å²) in [6, 6.07) is 15.5. The maximum Gasteiger partial charge on any atom is 0.137 e. The summed E-state index contributed by atoms with van der Waals surface area (Å²) < 4.78 is 14.1. The van der Waals surface area contributed by atoms with Crippen molar-refractivity contribution >= 4 is 31.9 Å². The van der Waals surface area contributed by atoms with E-state index in [1.165, 1.54) is 11.6 Å². The first-order chi connectivity index (χ1) is 9.09. The van der Waals surface area contributed by atoms with Crippen molar-refractivity contribution in [3.63, 3.8) is 0 Å². The molecule has 2 aromatic rings. The standard InChI is InChI=1S/C16H15Br2F/c1-11(15(17)12-6-3-2-4-7-12)10-13-8-5-9-14(19)16(13)18/h2-9,11,15H,10H2,1H3. The lowest BCUT2D eigenvalue weighted by Crippen LogP contribution is -2.08. The molecule has 2 rings (SSSR count). The van der Waals surface area contributed by atoms with Gasteiger partial charge in [-0.1, -0.05) is 65.3 Å². The van der Waals surface area contributed by atoms with Gasteiger partial charge in [0, 0.05) is 4.83 Å². The van der Waals surface area contributed by atoms with Gasteiger partial charge in [-0.2, -0.15) is 0 Å². The molecule has 19 heavy (non-hydrogen) atoms. The highest BCUT2D eigenvalue weighted by atomic mass is 79.9. The first kappa shape index (κ1) is 14.7. The molecule has 0 bridgehead atoms. The van der Waals surface area contributed by atoms with E-state index >= 15 is 0 Å². The van der Waals surface area contributed by atoms with Crippen LogP contribution in [0.3, 0.4) is 0 Å². The van der Waals surface area contributed by atoms with Crippen LogP contribution in [-0.2, 0) is 6.42 Å². The molecule has 0 aliphatic rings. The Morgan fingerprint density at radius 3 is 2.42 bits per heavy atom. The van der Waals surface area contributed by atoms with Gasteiger partial charge in [0.15, 0.2) is 0 Å². The van der Waals surface area contributed by atoms with Crippen molar-refractivity contribution in [2.45, 2.75) is 18.2 Å². The SMILES string of the molecule is CC(Cc1cccc(F)c1Br)C(Br)c1ccccc1. The molecule has 0 saturated carbocycles. The normalized spacial score (nSPS) is 14.1. The molecule has 2 atom stereocenters. The molecule has 3 heteroatoms. The van der Waals surface area contributed by atoms with E-state index in [-0.39, 0.29) is 10.6 Å². The molecule has 0 aliphatic carbocycles. The number of hydrogen-bond donors (Lipinski definition) is 0. The number of rotatable bonds is 4. The maximum absolute atomic E-state index is 13.5. The summed E-state index contributed by atoms with van der Waals surface area (Å²) in [4.78, 5) is 0.267. The van der Waals surface area contributed by atoms with Crippen LogP contribution in [0.1, 0.15) is 22.9 Å². The van der Waals surface area contributed by atoms with Crippen molar-refractivity contribution in [2.24, 2.45) is 5.92 Å². The van der Waals surface area contributed by atoms with Gasteiger partial charge in [-0.3, -0.25) is 0 Å². The largest absolute Gasteiger partial charge is 0.206 e. The van der Waals surface area contributed by atoms with Crippen LogP contribution in [0.2, 0.25) is 0 Å². The zero-order chi connectivity index (χ0) is 13.8. The van der Waals surface area contributed by atoms with Crippen LogP contribution in [0.4, 0.5) is 4.39 Å². The van der Waals surface area contributed by atoms with Crippen molar-refractivity contribution in [3.8, 4) is 0 Å². The quantitative estimate of drug-likeness (QED) is 0.574. The Kier molecular flexibility index (Phi) is 5.17. The lowest BCUT2D eigenvalue weighted by atomic mass is 9.94. The molecule has 0 amide bonds. The zero-order valence-corrected chi connectivity index (χ0v) is 13.8. The predicted octanol–water partition coefficient (Wildman–Crippen LogP) is 5.90. The van der Waals surface area contributed by atoms with E-state index in [0.717, 1.165) is 12.0 Å². The van der Waals surface area contributed by atoms with E-state index in [1.807, 2.05) is 24.3 Å². The molecule has 0 N–H and O–H groups in total. The molecule has 0 aliphatic heterocycles. The van der Waals surface area contributed by atoms with Crippen LogP contribution >= 0.6 is 31.9 Å². The highest BCUT2D eigenvalue weighted by molar-refractivity contribution is 9.10. The van der Waals surface area contributed by atoms with E-state index in [9.17, 15) is 4.39 Å². The van der Waals surface area contributed by atoms with E-state index in [4.69, 9.17) is 0 Å². The first-order valence-corrected chi connectivity index (χ1v) is 7.92. The third-order valence-corrected chi connectivity index (χ3v) is 5.51. The van der Waals surface area contributed by atoms with Gasteiger partial charge >= 0.3 is 0 Å². The highest BCUT2D eigenvalue weighted by Gasteiger charge is 2.18. The van der Waals surface area contributed by atoms with Gasteiger partial charge in [0.05, 0.1) is 4.47 Å². The van der Waals surface area contributed by atoms with E-state index in [1.54, 1.807) is 6.07 Å². The Hall–Kier alpha value is -0.670. The number of halogens is 3. The van der Waals surface area contributed by atoms with Crippen LogP contribution in [0.5, 0.6) is 0 Å². The molecule has 0 fully saturated rings. The fourth-order valence-corrected chi connectivity index (χ4v) is 3.04. The molecule has 0 heterocycles. The van der Waals surface area contributed by atoms with E-state index in [2.05, 4.69) is 50.9 Å². The van der Waals surface area contributed by atoms with Crippen LogP contribution in [0, 0.1) is 11.7 Å². The summed E-state index contributed by atoms with van der Waals surface area (Å²) in [5, 5.41) is 0. The minimum atomic E-state index is -0.199. The molecular formula is C16H15Br2F. The lowest BCUT2D eigenvalue weighted by molar-refractivity contribution is 0.563. The van der Waals surface area contributed by atoms with E-state index in [0.29, 0.717) is 10.4 Å². The van der Waals surface area contributed by atoms with Crippen molar-refractivity contribution in [2.75, 3.05) is 0 Å². The molecule has 2 aromatic carbocycles. The van der Waals surface area contributed by atoms with Crippen molar-refractivity contribution < 1.29 is 4.39 Å². The third kappa shape index (κ3) is 3.67. The minimum Gasteiger partial charge on any atom is -0.206 e. The predicted molar refractivity (Wildman–Crippen MR) is 85.1 cm³/mol. The van der Waals surface area contributed by atoms with Crippen molar-refractivity contribution in [1.82, 2.24) is 0 Å². The summed E-state index contributed by atoms with van der Waals surface area (Å²) >= 11 is 7.07. The molecule has 0 radical (unpaired) electrons. The van der Waals surface area contributed by atoms with Gasteiger partial charge < -0.3 is 0 Å². The van der Waals surface area contributed by atoms with Gasteiger partial charge in [-0.05, 0) is 45.5 Å². The van der Waals surface area contributed by atoms with Gasteiger partial charge in [-0.15, -0.1) is 0 Å². The number of alkyl halides is 1. The average Bonchev–Trinajstić information content (AvgIpc) is 2.44. The van der Waals surface area contributed by atoms with Gasteiger partial charge in [0.25, 0.3) is 0 Å². The fraction of sp³-hybridized carbons (Fsp3) is 0.250. The molecule has 0 spiro atoms. The Morgan fingerprint density at radius 1 is 1.05 bits per heavy atom. The van der Waals surface area contributed by atoms with E-state index < -0.39 is 0 Å². The average molecular weight is 386 g/mol. The van der Waals surface area contributed by atoms with Gasteiger partial charge in [0.2, 0.25) is 0 Å². The summed E-state index contributed by atoms with van der Waals surface area (Å²) in [7, 11) is 0. The smallest absolute Gasteiger partial charge is 0.137 e. The minimum absolute atomic E-state index is 0.199. The van der Waals surface area contributed by atoms with Crippen LogP contribution in [-0.4, -0.2) is 0 Å². The van der Waals surface area contributed by atoms with Gasteiger partial charge in [0.1, 0.15) is 5.82 Å². The molecule has 0 aromatic heterocycles. The van der Waals surface area contributed by atoms with Crippen molar-refractivity contribution in [3.05, 3.63) is 69.9 Å². The summed E-state index contributed by atoms with van der Waals surface area (Å²) in [6.07, 6.45) is 0.823. The topological polar surface area (TPSA) is 0 Å². The van der Waals surface area contributed by atoms with Crippen LogP contribution in [0.25, 0.3) is 0 Å². The van der Waals surface area contributed by atoms with Crippen molar-refractivity contribution in [1.29, 1.82) is 0 Å². The van der Waals surface area contributed by atoms with Crippen LogP contribution in [0.15, 0.2) is 53.0 Å². The maximum atomic E-state index is 13.5. The first-order valence-electron chi connectivity index (χ1n) is 6.21. The van der Waals surface area contributed by atoms with Gasteiger partial charge in [-0.25, -0.2) is 4.39 Å². The lowest BCUT2D eigenvalue weighted by Gasteiger charge is -2.19. The summed E-state index contributed by atoms with van der Waals surface area (Å²) in [5.41, 5.74) is 2.26. The Balaban J connectivity index is 2.13. The second-order valence-corrected chi connectivity index (χ2v) is 6.49. The number of hydrogen-bond acceptors (Lipinski definition) is 0. The Bertz CT molecular complexity index is 540.